The van der Waals surface area contributed by atoms with Crippen LogP contribution in [0.3, 0.4) is 0 Å². The van der Waals surface area contributed by atoms with Gasteiger partial charge in [0.15, 0.2) is 0 Å². The van der Waals surface area contributed by atoms with Gasteiger partial charge in [0.1, 0.15) is 0 Å². The van der Waals surface area contributed by atoms with E-state index in [4.69, 9.17) is 23.1 Å². The van der Waals surface area contributed by atoms with E-state index >= 15 is 0 Å². The molecule has 0 spiro atoms. The number of likely N-dealkylation sites (N-methyl/N-ethyl adjacent to an activating group) is 1. The first-order valence-electron chi connectivity index (χ1n) is 6.07. The van der Waals surface area contributed by atoms with E-state index in [0.717, 1.165) is 5.69 Å². The van der Waals surface area contributed by atoms with Gasteiger partial charge in [-0.1, -0.05) is 11.6 Å². The van der Waals surface area contributed by atoms with Crippen LogP contribution in [0, 0.1) is 5.92 Å². The van der Waals surface area contributed by atoms with Crippen molar-refractivity contribution < 1.29 is 4.79 Å². The number of rotatable bonds is 5. The topological polar surface area (TPSA) is 72.3 Å². The number of anilines is 1. The first-order chi connectivity index (χ1) is 8.54. The van der Waals surface area contributed by atoms with Crippen LogP contribution in [0.2, 0.25) is 5.02 Å². The minimum absolute atomic E-state index is 0.254. The summed E-state index contributed by atoms with van der Waals surface area (Å²) in [5.41, 5.74) is 12.5. The molecule has 5 heteroatoms. The third kappa shape index (κ3) is 2.60. The predicted molar refractivity (Wildman–Crippen MR) is 73.9 cm³/mol. The van der Waals surface area contributed by atoms with Gasteiger partial charge >= 0.3 is 0 Å². The Labute approximate surface area is 112 Å². The van der Waals surface area contributed by atoms with Gasteiger partial charge in [0, 0.05) is 30.3 Å². The predicted octanol–water partition coefficient (Wildman–Crippen LogP) is 1.61. The number of hydrogen-bond acceptors (Lipinski definition) is 3. The molecule has 0 radical (unpaired) electrons. The maximum absolute atomic E-state index is 11.5. The van der Waals surface area contributed by atoms with E-state index in [1.807, 2.05) is 18.0 Å². The molecule has 1 amide bonds. The van der Waals surface area contributed by atoms with E-state index in [1.54, 1.807) is 12.1 Å². The van der Waals surface area contributed by atoms with E-state index in [-0.39, 0.29) is 6.04 Å². The summed E-state index contributed by atoms with van der Waals surface area (Å²) in [5.74, 6) is 0.155. The Morgan fingerprint density at radius 1 is 1.56 bits per heavy atom. The van der Waals surface area contributed by atoms with Gasteiger partial charge in [0.2, 0.25) is 0 Å². The van der Waals surface area contributed by atoms with Crippen molar-refractivity contribution in [1.82, 2.24) is 0 Å². The number of carbonyl (C=O) groups excluding carboxylic acids is 1. The Bertz CT molecular complexity index is 460. The number of nitrogens with zero attached hydrogens (tertiary/aromatic N) is 1. The van der Waals surface area contributed by atoms with Crippen LogP contribution in [0.4, 0.5) is 5.69 Å². The molecular formula is C13H18ClN3O. The van der Waals surface area contributed by atoms with Crippen LogP contribution < -0.4 is 16.4 Å². The maximum Gasteiger partial charge on any atom is 0.250 e. The Balaban J connectivity index is 2.33. The van der Waals surface area contributed by atoms with Gasteiger partial charge in [0.05, 0.1) is 5.56 Å². The van der Waals surface area contributed by atoms with E-state index in [2.05, 4.69) is 0 Å². The standard InChI is InChI=1S/C13H18ClN3O/c1-17(12(7-15)8-2-3-8)11-5-4-9(14)6-10(11)13(16)18/h4-6,8,12H,2-3,7,15H2,1H3,(H2,16,18). The molecule has 2 rings (SSSR count). The van der Waals surface area contributed by atoms with Crippen LogP contribution >= 0.6 is 11.6 Å². The highest BCUT2D eigenvalue weighted by Crippen LogP contribution is 2.37. The molecule has 18 heavy (non-hydrogen) atoms. The molecule has 1 aromatic rings. The fraction of sp³-hybridized carbons (Fsp3) is 0.462. The molecule has 4 N–H and O–H groups in total. The molecule has 1 unspecified atom stereocenters. The summed E-state index contributed by atoms with van der Waals surface area (Å²) in [6.07, 6.45) is 2.40. The van der Waals surface area contributed by atoms with Crippen molar-refractivity contribution in [1.29, 1.82) is 0 Å². The van der Waals surface area contributed by atoms with Crippen molar-refractivity contribution >= 4 is 23.2 Å². The lowest BCUT2D eigenvalue weighted by atomic mass is 10.1. The molecule has 4 nitrogen and oxygen atoms in total. The molecular weight excluding hydrogens is 250 g/mol. The SMILES string of the molecule is CN(c1ccc(Cl)cc1C(N)=O)C(CN)C1CC1. The Morgan fingerprint density at radius 2 is 2.22 bits per heavy atom. The fourth-order valence-corrected chi connectivity index (χ4v) is 2.51. The third-order valence-electron chi connectivity index (χ3n) is 3.51. The first-order valence-corrected chi connectivity index (χ1v) is 6.44. The van der Waals surface area contributed by atoms with Gasteiger partial charge < -0.3 is 16.4 Å². The van der Waals surface area contributed by atoms with Crippen molar-refractivity contribution in [3.8, 4) is 0 Å². The lowest BCUT2D eigenvalue weighted by Gasteiger charge is -2.30. The van der Waals surface area contributed by atoms with Crippen LogP contribution in [-0.4, -0.2) is 25.5 Å². The zero-order chi connectivity index (χ0) is 13.3. The minimum Gasteiger partial charge on any atom is -0.369 e. The van der Waals surface area contributed by atoms with Gasteiger partial charge in [0.25, 0.3) is 5.91 Å². The number of benzene rings is 1. The molecule has 1 atom stereocenters. The second-order valence-corrected chi connectivity index (χ2v) is 5.21. The molecule has 98 valence electrons. The normalized spacial score (nSPS) is 16.4. The van der Waals surface area contributed by atoms with Crippen molar-refractivity contribution in [2.45, 2.75) is 18.9 Å². The minimum atomic E-state index is -0.467. The highest BCUT2D eigenvalue weighted by molar-refractivity contribution is 6.31. The van der Waals surface area contributed by atoms with Gasteiger partial charge in [-0.2, -0.15) is 0 Å². The summed E-state index contributed by atoms with van der Waals surface area (Å²) in [6, 6.07) is 5.45. The number of amides is 1. The van der Waals surface area contributed by atoms with Crippen LogP contribution in [0.15, 0.2) is 18.2 Å². The Morgan fingerprint density at radius 3 is 2.72 bits per heavy atom. The molecule has 1 aliphatic carbocycles. The number of nitrogens with two attached hydrogens (primary N) is 2. The van der Waals surface area contributed by atoms with Gasteiger partial charge in [-0.15, -0.1) is 0 Å². The highest BCUT2D eigenvalue weighted by Gasteiger charge is 2.33. The van der Waals surface area contributed by atoms with E-state index in [0.29, 0.717) is 23.0 Å². The summed E-state index contributed by atoms with van der Waals surface area (Å²) in [7, 11) is 1.95. The smallest absolute Gasteiger partial charge is 0.250 e. The maximum atomic E-state index is 11.5. The molecule has 1 aliphatic rings. The number of carbonyl (C=O) groups is 1. The average molecular weight is 268 g/mol. The largest absolute Gasteiger partial charge is 0.369 e. The Kier molecular flexibility index (Phi) is 3.78. The van der Waals surface area contributed by atoms with Crippen LogP contribution in [0.25, 0.3) is 0 Å². The average Bonchev–Trinajstić information content (AvgIpc) is 3.14. The van der Waals surface area contributed by atoms with E-state index < -0.39 is 5.91 Å². The van der Waals surface area contributed by atoms with E-state index in [1.165, 1.54) is 12.8 Å². The van der Waals surface area contributed by atoms with Gasteiger partial charge in [-0.25, -0.2) is 0 Å². The lowest BCUT2D eigenvalue weighted by molar-refractivity contribution is 0.100. The summed E-state index contributed by atoms with van der Waals surface area (Å²) in [6.45, 7) is 0.571. The molecule has 1 saturated carbocycles. The van der Waals surface area contributed by atoms with Crippen molar-refractivity contribution in [2.75, 3.05) is 18.5 Å². The van der Waals surface area contributed by atoms with Crippen LogP contribution in [-0.2, 0) is 0 Å². The zero-order valence-electron chi connectivity index (χ0n) is 10.4. The second-order valence-electron chi connectivity index (χ2n) is 4.78. The van der Waals surface area contributed by atoms with E-state index in [9.17, 15) is 4.79 Å². The zero-order valence-corrected chi connectivity index (χ0v) is 11.2. The molecule has 0 heterocycles. The third-order valence-corrected chi connectivity index (χ3v) is 3.74. The summed E-state index contributed by atoms with van der Waals surface area (Å²) >= 11 is 5.90. The van der Waals surface area contributed by atoms with Crippen molar-refractivity contribution in [2.24, 2.45) is 17.4 Å². The summed E-state index contributed by atoms with van der Waals surface area (Å²) < 4.78 is 0. The number of halogens is 1. The molecule has 1 aromatic carbocycles. The lowest BCUT2D eigenvalue weighted by Crippen LogP contribution is -2.40. The highest BCUT2D eigenvalue weighted by atomic mass is 35.5. The number of primary amides is 1. The first kappa shape index (κ1) is 13.2. The van der Waals surface area contributed by atoms with Gasteiger partial charge in [-0.05, 0) is 37.0 Å². The van der Waals surface area contributed by atoms with Gasteiger partial charge in [-0.3, -0.25) is 4.79 Å². The van der Waals surface area contributed by atoms with Crippen LogP contribution in [0.1, 0.15) is 23.2 Å². The fourth-order valence-electron chi connectivity index (χ4n) is 2.34. The van der Waals surface area contributed by atoms with Crippen molar-refractivity contribution in [3.05, 3.63) is 28.8 Å². The summed E-state index contributed by atoms with van der Waals surface area (Å²) in [4.78, 5) is 13.5. The van der Waals surface area contributed by atoms with Crippen molar-refractivity contribution in [3.63, 3.8) is 0 Å². The number of hydrogen-bond donors (Lipinski definition) is 2. The molecule has 0 aromatic heterocycles. The molecule has 1 fully saturated rings. The quantitative estimate of drug-likeness (QED) is 0.851. The molecule has 0 saturated heterocycles. The second kappa shape index (κ2) is 5.16. The monoisotopic (exact) mass is 267 g/mol. The Hall–Kier alpha value is -1.26. The molecule has 0 aliphatic heterocycles. The van der Waals surface area contributed by atoms with Crippen LogP contribution in [0.5, 0.6) is 0 Å². The molecule has 0 bridgehead atoms. The summed E-state index contributed by atoms with van der Waals surface area (Å²) in [5, 5.41) is 0.511.